The summed E-state index contributed by atoms with van der Waals surface area (Å²) in [7, 11) is 1.71. The van der Waals surface area contributed by atoms with Gasteiger partial charge in [-0.25, -0.2) is 0 Å². The highest BCUT2D eigenvalue weighted by molar-refractivity contribution is 5.78. The highest BCUT2D eigenvalue weighted by Gasteiger charge is 2.30. The van der Waals surface area contributed by atoms with Gasteiger partial charge >= 0.3 is 0 Å². The van der Waals surface area contributed by atoms with Crippen LogP contribution in [0.25, 0.3) is 0 Å². The Bertz CT molecular complexity index is 481. The van der Waals surface area contributed by atoms with E-state index in [-0.39, 0.29) is 23.3 Å². The van der Waals surface area contributed by atoms with Gasteiger partial charge < -0.3 is 15.6 Å². The predicted octanol–water partition coefficient (Wildman–Crippen LogP) is -0.436. The molecule has 2 rings (SSSR count). The maximum atomic E-state index is 11.6. The number of nitrogens with zero attached hydrogens (tertiary/aromatic N) is 1. The molecule has 17 heavy (non-hydrogen) atoms. The number of pyridine rings is 1. The van der Waals surface area contributed by atoms with E-state index in [1.54, 1.807) is 19.3 Å². The summed E-state index contributed by atoms with van der Waals surface area (Å²) in [5.41, 5.74) is 6.26. The fourth-order valence-corrected chi connectivity index (χ4v) is 2.35. The van der Waals surface area contributed by atoms with Crippen molar-refractivity contribution in [2.75, 3.05) is 13.1 Å². The molecule has 92 valence electrons. The van der Waals surface area contributed by atoms with E-state index in [1.165, 1.54) is 4.57 Å². The number of primary amides is 1. The molecule has 0 bridgehead atoms. The van der Waals surface area contributed by atoms with Gasteiger partial charge in [0.25, 0.3) is 5.56 Å². The smallest absolute Gasteiger partial charge is 0.250 e. The van der Waals surface area contributed by atoms with Crippen molar-refractivity contribution in [3.8, 4) is 0 Å². The van der Waals surface area contributed by atoms with Crippen LogP contribution in [0.1, 0.15) is 17.9 Å². The Morgan fingerprint density at radius 3 is 3.00 bits per heavy atom. The lowest BCUT2D eigenvalue weighted by Gasteiger charge is -2.30. The van der Waals surface area contributed by atoms with Crippen LogP contribution in [0.2, 0.25) is 0 Å². The van der Waals surface area contributed by atoms with Gasteiger partial charge in [0.15, 0.2) is 0 Å². The molecular weight excluding hydrogens is 218 g/mol. The number of hydrogen-bond acceptors (Lipinski definition) is 3. The second-order valence-corrected chi connectivity index (χ2v) is 4.52. The number of carbonyl (C=O) groups is 1. The molecule has 0 aromatic carbocycles. The molecule has 0 aliphatic carbocycles. The number of carbonyl (C=O) groups excluding carboxylic acids is 1. The maximum Gasteiger partial charge on any atom is 0.250 e. The van der Waals surface area contributed by atoms with Crippen molar-refractivity contribution in [2.24, 2.45) is 18.7 Å². The summed E-state index contributed by atoms with van der Waals surface area (Å²) >= 11 is 0. The van der Waals surface area contributed by atoms with Crippen LogP contribution in [-0.2, 0) is 11.8 Å². The first kappa shape index (κ1) is 11.9. The average molecular weight is 235 g/mol. The average Bonchev–Trinajstić information content (AvgIpc) is 2.32. The fourth-order valence-electron chi connectivity index (χ4n) is 2.35. The van der Waals surface area contributed by atoms with E-state index in [2.05, 4.69) is 5.32 Å². The van der Waals surface area contributed by atoms with Crippen molar-refractivity contribution < 1.29 is 4.79 Å². The third-order valence-corrected chi connectivity index (χ3v) is 3.40. The highest BCUT2D eigenvalue weighted by atomic mass is 16.1. The second-order valence-electron chi connectivity index (χ2n) is 4.52. The van der Waals surface area contributed by atoms with Gasteiger partial charge in [-0.1, -0.05) is 0 Å². The number of aromatic nitrogens is 1. The van der Waals surface area contributed by atoms with E-state index in [0.717, 1.165) is 18.5 Å². The molecule has 0 radical (unpaired) electrons. The minimum atomic E-state index is -0.303. The van der Waals surface area contributed by atoms with Crippen LogP contribution in [0, 0.1) is 5.92 Å². The summed E-state index contributed by atoms with van der Waals surface area (Å²) in [6, 6.07) is 3.50. The number of amides is 1. The standard InChI is InChI=1S/C12H17N3O2/c1-15-5-3-8(6-11(15)16)9-2-4-14-7-10(9)12(13)17/h3,5-6,9-10,14H,2,4,7H2,1H3,(H2,13,17). The van der Waals surface area contributed by atoms with Crippen molar-refractivity contribution in [1.82, 2.24) is 9.88 Å². The molecule has 3 N–H and O–H groups in total. The summed E-state index contributed by atoms with van der Waals surface area (Å²) in [5, 5.41) is 3.16. The largest absolute Gasteiger partial charge is 0.369 e. The Morgan fingerprint density at radius 1 is 1.59 bits per heavy atom. The van der Waals surface area contributed by atoms with Crippen LogP contribution in [-0.4, -0.2) is 23.6 Å². The van der Waals surface area contributed by atoms with Crippen molar-refractivity contribution in [3.05, 3.63) is 34.2 Å². The van der Waals surface area contributed by atoms with Crippen LogP contribution in [0.15, 0.2) is 23.1 Å². The van der Waals surface area contributed by atoms with Gasteiger partial charge in [-0.3, -0.25) is 9.59 Å². The Balaban J connectivity index is 2.32. The van der Waals surface area contributed by atoms with E-state index in [1.807, 2.05) is 6.07 Å². The summed E-state index contributed by atoms with van der Waals surface area (Å²) < 4.78 is 1.52. The monoisotopic (exact) mass is 235 g/mol. The minimum Gasteiger partial charge on any atom is -0.369 e. The predicted molar refractivity (Wildman–Crippen MR) is 64.6 cm³/mol. The third-order valence-electron chi connectivity index (χ3n) is 3.40. The van der Waals surface area contributed by atoms with Gasteiger partial charge in [0, 0.05) is 25.9 Å². The molecule has 1 aromatic rings. The summed E-state index contributed by atoms with van der Waals surface area (Å²) in [5.74, 6) is -0.471. The van der Waals surface area contributed by atoms with Gasteiger partial charge in [0.05, 0.1) is 5.92 Å². The zero-order chi connectivity index (χ0) is 12.4. The van der Waals surface area contributed by atoms with Crippen molar-refractivity contribution in [1.29, 1.82) is 0 Å². The zero-order valence-electron chi connectivity index (χ0n) is 9.85. The Hall–Kier alpha value is -1.62. The number of aryl methyl sites for hydroxylation is 1. The van der Waals surface area contributed by atoms with Gasteiger partial charge in [0.1, 0.15) is 0 Å². The first-order valence-corrected chi connectivity index (χ1v) is 5.76. The topological polar surface area (TPSA) is 77.1 Å². The van der Waals surface area contributed by atoms with Crippen molar-refractivity contribution in [2.45, 2.75) is 12.3 Å². The molecule has 1 fully saturated rings. The zero-order valence-corrected chi connectivity index (χ0v) is 9.85. The van der Waals surface area contributed by atoms with E-state index >= 15 is 0 Å². The van der Waals surface area contributed by atoms with E-state index in [4.69, 9.17) is 5.73 Å². The number of piperidine rings is 1. The van der Waals surface area contributed by atoms with Crippen LogP contribution in [0.5, 0.6) is 0 Å². The molecule has 1 amide bonds. The molecule has 1 saturated heterocycles. The van der Waals surface area contributed by atoms with Gasteiger partial charge in [-0.2, -0.15) is 0 Å². The molecule has 2 atom stereocenters. The number of rotatable bonds is 2. The molecule has 0 saturated carbocycles. The lowest BCUT2D eigenvalue weighted by molar-refractivity contribution is -0.122. The molecule has 1 aromatic heterocycles. The first-order chi connectivity index (χ1) is 8.09. The molecule has 2 unspecified atom stereocenters. The van der Waals surface area contributed by atoms with E-state index in [9.17, 15) is 9.59 Å². The highest BCUT2D eigenvalue weighted by Crippen LogP contribution is 2.29. The number of hydrogen-bond donors (Lipinski definition) is 2. The van der Waals surface area contributed by atoms with Crippen LogP contribution >= 0.6 is 0 Å². The Labute approximate surface area is 99.6 Å². The van der Waals surface area contributed by atoms with Crippen LogP contribution < -0.4 is 16.6 Å². The Kier molecular flexibility index (Phi) is 3.28. The molecular formula is C12H17N3O2. The summed E-state index contributed by atoms with van der Waals surface area (Å²) in [4.78, 5) is 23.0. The molecule has 2 heterocycles. The lowest BCUT2D eigenvalue weighted by atomic mass is 9.81. The fraction of sp³-hybridized carbons (Fsp3) is 0.500. The molecule has 0 spiro atoms. The molecule has 1 aliphatic rings. The summed E-state index contributed by atoms with van der Waals surface area (Å²) in [6.07, 6.45) is 2.57. The van der Waals surface area contributed by atoms with Gasteiger partial charge in [0.2, 0.25) is 5.91 Å². The first-order valence-electron chi connectivity index (χ1n) is 5.76. The lowest BCUT2D eigenvalue weighted by Crippen LogP contribution is -2.42. The normalized spacial score (nSPS) is 24.5. The summed E-state index contributed by atoms with van der Waals surface area (Å²) in [6.45, 7) is 1.44. The third kappa shape index (κ3) is 2.39. The Morgan fingerprint density at radius 2 is 2.35 bits per heavy atom. The van der Waals surface area contributed by atoms with Gasteiger partial charge in [-0.15, -0.1) is 0 Å². The molecule has 1 aliphatic heterocycles. The quantitative estimate of drug-likeness (QED) is 0.730. The van der Waals surface area contributed by atoms with Crippen LogP contribution in [0.4, 0.5) is 0 Å². The van der Waals surface area contributed by atoms with Crippen LogP contribution in [0.3, 0.4) is 0 Å². The maximum absolute atomic E-state index is 11.6. The van der Waals surface area contributed by atoms with Crippen molar-refractivity contribution >= 4 is 5.91 Å². The van der Waals surface area contributed by atoms with Crippen molar-refractivity contribution in [3.63, 3.8) is 0 Å². The molecule has 5 heteroatoms. The number of nitrogens with one attached hydrogen (secondary N) is 1. The SMILES string of the molecule is Cn1ccc(C2CCNCC2C(N)=O)cc1=O. The minimum absolute atomic E-state index is 0.0516. The number of nitrogens with two attached hydrogens (primary N) is 1. The second kappa shape index (κ2) is 4.71. The van der Waals surface area contributed by atoms with E-state index in [0.29, 0.717) is 6.54 Å². The molecule has 5 nitrogen and oxygen atoms in total. The van der Waals surface area contributed by atoms with Gasteiger partial charge in [-0.05, 0) is 30.5 Å². The van der Waals surface area contributed by atoms with E-state index < -0.39 is 0 Å².